The van der Waals surface area contributed by atoms with Crippen LogP contribution in [0, 0.1) is 3.57 Å². The first-order chi connectivity index (χ1) is 8.50. The summed E-state index contributed by atoms with van der Waals surface area (Å²) in [6.45, 7) is 0.315. The first-order valence-electron chi connectivity index (χ1n) is 5.96. The van der Waals surface area contributed by atoms with Crippen LogP contribution in [0.25, 0.3) is 0 Å². The lowest BCUT2D eigenvalue weighted by Crippen LogP contribution is -2.40. The second kappa shape index (κ2) is 5.75. The molecule has 0 atom stereocenters. The second-order valence-electron chi connectivity index (χ2n) is 4.74. The van der Waals surface area contributed by atoms with Crippen molar-refractivity contribution in [2.75, 3.05) is 6.54 Å². The fourth-order valence-corrected chi connectivity index (χ4v) is 2.71. The molecule has 0 aromatic heterocycles. The minimum absolute atomic E-state index is 0.186. The average Bonchev–Trinajstić information content (AvgIpc) is 2.77. The van der Waals surface area contributed by atoms with E-state index < -0.39 is 5.60 Å². The molecule has 1 aliphatic rings. The lowest BCUT2D eigenvalue weighted by molar-refractivity contribution is 0.0449. The molecule has 3 nitrogen and oxygen atoms in total. The van der Waals surface area contributed by atoms with Crippen molar-refractivity contribution >= 4 is 40.1 Å². The molecule has 2 rings (SSSR count). The van der Waals surface area contributed by atoms with Crippen molar-refractivity contribution in [3.8, 4) is 0 Å². The van der Waals surface area contributed by atoms with E-state index >= 15 is 0 Å². The minimum Gasteiger partial charge on any atom is -0.388 e. The van der Waals surface area contributed by atoms with E-state index in [1.165, 1.54) is 0 Å². The first kappa shape index (κ1) is 14.1. The van der Waals surface area contributed by atoms with E-state index in [1.54, 1.807) is 12.1 Å². The average molecular weight is 380 g/mol. The Bertz CT molecular complexity index is 458. The Kier molecular flexibility index (Phi) is 4.50. The van der Waals surface area contributed by atoms with Crippen molar-refractivity contribution in [2.24, 2.45) is 0 Å². The molecule has 0 radical (unpaired) electrons. The summed E-state index contributed by atoms with van der Waals surface area (Å²) in [7, 11) is 0. The van der Waals surface area contributed by atoms with Gasteiger partial charge in [-0.2, -0.15) is 0 Å². The molecule has 5 heteroatoms. The largest absolute Gasteiger partial charge is 0.388 e. The van der Waals surface area contributed by atoms with Crippen molar-refractivity contribution in [2.45, 2.75) is 31.3 Å². The van der Waals surface area contributed by atoms with Gasteiger partial charge in [-0.05, 0) is 53.6 Å². The highest BCUT2D eigenvalue weighted by molar-refractivity contribution is 14.1. The number of hydrogen-bond donors (Lipinski definition) is 2. The highest BCUT2D eigenvalue weighted by Crippen LogP contribution is 2.28. The molecule has 1 aliphatic carbocycles. The van der Waals surface area contributed by atoms with E-state index in [-0.39, 0.29) is 5.91 Å². The van der Waals surface area contributed by atoms with E-state index in [0.717, 1.165) is 29.3 Å². The van der Waals surface area contributed by atoms with Gasteiger partial charge < -0.3 is 10.4 Å². The third kappa shape index (κ3) is 3.36. The normalized spacial score (nSPS) is 17.7. The highest BCUT2D eigenvalue weighted by atomic mass is 127. The van der Waals surface area contributed by atoms with Crippen LogP contribution in [0.15, 0.2) is 18.2 Å². The zero-order valence-corrected chi connectivity index (χ0v) is 12.8. The van der Waals surface area contributed by atoms with Gasteiger partial charge in [0, 0.05) is 15.7 Å². The number of amides is 1. The van der Waals surface area contributed by atoms with E-state index in [4.69, 9.17) is 11.6 Å². The number of halogens is 2. The molecule has 0 bridgehead atoms. The van der Waals surface area contributed by atoms with Crippen molar-refractivity contribution in [1.29, 1.82) is 0 Å². The molecule has 0 unspecified atom stereocenters. The van der Waals surface area contributed by atoms with Gasteiger partial charge in [-0.3, -0.25) is 4.79 Å². The molecule has 18 heavy (non-hydrogen) atoms. The summed E-state index contributed by atoms with van der Waals surface area (Å²) in [6, 6.07) is 5.20. The van der Waals surface area contributed by atoms with Gasteiger partial charge in [-0.15, -0.1) is 0 Å². The summed E-state index contributed by atoms with van der Waals surface area (Å²) in [5, 5.41) is 13.5. The molecule has 1 fully saturated rings. The molecule has 1 saturated carbocycles. The fourth-order valence-electron chi connectivity index (χ4n) is 2.19. The first-order valence-corrected chi connectivity index (χ1v) is 7.41. The summed E-state index contributed by atoms with van der Waals surface area (Å²) in [6.07, 6.45) is 3.59. The van der Waals surface area contributed by atoms with Crippen molar-refractivity contribution in [3.05, 3.63) is 32.4 Å². The van der Waals surface area contributed by atoms with E-state index in [0.29, 0.717) is 17.1 Å². The van der Waals surface area contributed by atoms with Crippen LogP contribution in [0.4, 0.5) is 0 Å². The quantitative estimate of drug-likeness (QED) is 0.793. The van der Waals surface area contributed by atoms with E-state index in [1.807, 2.05) is 6.07 Å². The van der Waals surface area contributed by atoms with Gasteiger partial charge in [0.05, 0.1) is 10.6 Å². The van der Waals surface area contributed by atoms with E-state index in [9.17, 15) is 9.90 Å². The number of nitrogens with one attached hydrogen (secondary N) is 1. The van der Waals surface area contributed by atoms with Gasteiger partial charge in [0.15, 0.2) is 0 Å². The van der Waals surface area contributed by atoms with Gasteiger partial charge in [0.1, 0.15) is 0 Å². The zero-order chi connectivity index (χ0) is 13.2. The van der Waals surface area contributed by atoms with Crippen LogP contribution in [0.2, 0.25) is 5.02 Å². The van der Waals surface area contributed by atoms with Gasteiger partial charge in [0.25, 0.3) is 5.91 Å². The molecule has 2 N–H and O–H groups in total. The van der Waals surface area contributed by atoms with Gasteiger partial charge in [-0.1, -0.05) is 24.4 Å². The Labute approximate surface area is 125 Å². The molecule has 0 saturated heterocycles. The maximum Gasteiger partial charge on any atom is 0.251 e. The monoisotopic (exact) mass is 379 g/mol. The maximum atomic E-state index is 11.9. The number of carbonyl (C=O) groups is 1. The highest BCUT2D eigenvalue weighted by Gasteiger charge is 2.31. The topological polar surface area (TPSA) is 49.3 Å². The Morgan fingerprint density at radius 3 is 2.72 bits per heavy atom. The van der Waals surface area contributed by atoms with Crippen LogP contribution in [-0.4, -0.2) is 23.2 Å². The SMILES string of the molecule is O=C(NCC1(O)CCCC1)c1ccc(I)c(Cl)c1. The number of benzene rings is 1. The molecule has 0 spiro atoms. The number of carbonyl (C=O) groups excluding carboxylic acids is 1. The predicted octanol–water partition coefficient (Wildman–Crippen LogP) is 2.98. The van der Waals surface area contributed by atoms with Gasteiger partial charge in [0.2, 0.25) is 0 Å². The summed E-state index contributed by atoms with van der Waals surface area (Å²) < 4.78 is 0.917. The number of rotatable bonds is 3. The standard InChI is InChI=1S/C13H15ClINO2/c14-10-7-9(3-4-11(10)15)12(17)16-8-13(18)5-1-2-6-13/h3-4,7,18H,1-2,5-6,8H2,(H,16,17). The van der Waals surface area contributed by atoms with Crippen molar-refractivity contribution in [1.82, 2.24) is 5.32 Å². The van der Waals surface area contributed by atoms with Crippen LogP contribution in [-0.2, 0) is 0 Å². The Balaban J connectivity index is 1.97. The summed E-state index contributed by atoms with van der Waals surface area (Å²) in [4.78, 5) is 11.9. The lowest BCUT2D eigenvalue weighted by atomic mass is 10.0. The van der Waals surface area contributed by atoms with Crippen LogP contribution >= 0.6 is 34.2 Å². The summed E-state index contributed by atoms with van der Waals surface area (Å²) >= 11 is 8.09. The molecule has 0 aliphatic heterocycles. The second-order valence-corrected chi connectivity index (χ2v) is 6.31. The third-order valence-corrected chi connectivity index (χ3v) is 4.87. The Morgan fingerprint density at radius 2 is 2.11 bits per heavy atom. The number of hydrogen-bond acceptors (Lipinski definition) is 2. The summed E-state index contributed by atoms with van der Waals surface area (Å²) in [5.74, 6) is -0.186. The minimum atomic E-state index is -0.720. The maximum absolute atomic E-state index is 11.9. The van der Waals surface area contributed by atoms with Crippen molar-refractivity contribution < 1.29 is 9.90 Å². The predicted molar refractivity (Wildman–Crippen MR) is 79.9 cm³/mol. The molecule has 0 heterocycles. The number of aliphatic hydroxyl groups is 1. The summed E-state index contributed by atoms with van der Waals surface area (Å²) in [5.41, 5.74) is -0.190. The molecule has 98 valence electrons. The van der Waals surface area contributed by atoms with Crippen LogP contribution in [0.3, 0.4) is 0 Å². The smallest absolute Gasteiger partial charge is 0.251 e. The lowest BCUT2D eigenvalue weighted by Gasteiger charge is -2.22. The third-order valence-electron chi connectivity index (χ3n) is 3.29. The molecular formula is C13H15ClINO2. The molecule has 1 amide bonds. The van der Waals surface area contributed by atoms with Gasteiger partial charge >= 0.3 is 0 Å². The van der Waals surface area contributed by atoms with Crippen LogP contribution in [0.1, 0.15) is 36.0 Å². The molecule has 1 aromatic rings. The zero-order valence-electron chi connectivity index (χ0n) is 9.88. The van der Waals surface area contributed by atoms with Crippen molar-refractivity contribution in [3.63, 3.8) is 0 Å². The Hall–Kier alpha value is -0.330. The molecular weight excluding hydrogens is 365 g/mol. The van der Waals surface area contributed by atoms with Crippen LogP contribution in [0.5, 0.6) is 0 Å². The van der Waals surface area contributed by atoms with Crippen LogP contribution < -0.4 is 5.32 Å². The van der Waals surface area contributed by atoms with Gasteiger partial charge in [-0.25, -0.2) is 0 Å². The Morgan fingerprint density at radius 1 is 1.44 bits per heavy atom. The van der Waals surface area contributed by atoms with E-state index in [2.05, 4.69) is 27.9 Å². The molecule has 1 aromatic carbocycles. The fraction of sp³-hybridized carbons (Fsp3) is 0.462.